The monoisotopic (exact) mass is 289 g/mol. The van der Waals surface area contributed by atoms with Crippen LogP contribution in [-0.4, -0.2) is 30.4 Å². The van der Waals surface area contributed by atoms with Crippen LogP contribution in [0.4, 0.5) is 18.9 Å². The molecule has 0 aliphatic carbocycles. The summed E-state index contributed by atoms with van der Waals surface area (Å²) in [5.74, 6) is -3.69. The average Bonchev–Trinajstić information content (AvgIpc) is 2.35. The fourth-order valence-electron chi connectivity index (χ4n) is 1.18. The van der Waals surface area contributed by atoms with E-state index in [2.05, 4.69) is 5.32 Å². The molecule has 0 heterocycles. The molecule has 20 heavy (non-hydrogen) atoms. The van der Waals surface area contributed by atoms with Gasteiger partial charge in [-0.15, -0.1) is 0 Å². The van der Waals surface area contributed by atoms with Crippen LogP contribution in [0.2, 0.25) is 0 Å². The van der Waals surface area contributed by atoms with Crippen molar-refractivity contribution in [3.8, 4) is 0 Å². The van der Waals surface area contributed by atoms with Crippen LogP contribution in [0.5, 0.6) is 0 Å². The first-order valence-electron chi connectivity index (χ1n) is 5.25. The van der Waals surface area contributed by atoms with Crippen LogP contribution in [-0.2, 0) is 9.59 Å². The summed E-state index contributed by atoms with van der Waals surface area (Å²) in [6.45, 7) is -0.823. The molecule has 0 fully saturated rings. The molecule has 4 N–H and O–H groups in total. The Morgan fingerprint density at radius 3 is 2.10 bits per heavy atom. The molecule has 0 unspecified atom stereocenters. The number of nitrogens with one attached hydrogen (secondary N) is 2. The summed E-state index contributed by atoms with van der Waals surface area (Å²) in [4.78, 5) is 32.5. The Bertz CT molecular complexity index is 526. The Labute approximate surface area is 111 Å². The second-order valence-electron chi connectivity index (χ2n) is 3.67. The lowest BCUT2D eigenvalue weighted by Crippen LogP contribution is -2.41. The van der Waals surface area contributed by atoms with Gasteiger partial charge >= 0.3 is 12.1 Å². The normalized spacial score (nSPS) is 10.8. The molecule has 3 amide bonds. The first kappa shape index (κ1) is 15.5. The summed E-state index contributed by atoms with van der Waals surface area (Å²) in [6.07, 6.45) is -5.04. The third-order valence-electron chi connectivity index (χ3n) is 2.12. The summed E-state index contributed by atoms with van der Waals surface area (Å²) < 4.78 is 35.6. The maximum Gasteiger partial charge on any atom is 0.471 e. The third-order valence-corrected chi connectivity index (χ3v) is 2.12. The average molecular weight is 289 g/mol. The predicted molar refractivity (Wildman–Crippen MR) is 62.7 cm³/mol. The van der Waals surface area contributed by atoms with Crippen LogP contribution < -0.4 is 16.4 Å². The van der Waals surface area contributed by atoms with E-state index >= 15 is 0 Å². The Morgan fingerprint density at radius 2 is 1.65 bits per heavy atom. The van der Waals surface area contributed by atoms with Crippen LogP contribution in [0, 0.1) is 0 Å². The van der Waals surface area contributed by atoms with Gasteiger partial charge in [-0.25, -0.2) is 0 Å². The summed E-state index contributed by atoms with van der Waals surface area (Å²) in [6, 6.07) is 5.38. The molecule has 108 valence electrons. The van der Waals surface area contributed by atoms with Crippen molar-refractivity contribution in [3.63, 3.8) is 0 Å². The van der Waals surface area contributed by atoms with Gasteiger partial charge in [-0.2, -0.15) is 13.2 Å². The van der Waals surface area contributed by atoms with Gasteiger partial charge in [0.15, 0.2) is 0 Å². The van der Waals surface area contributed by atoms with Crippen molar-refractivity contribution in [2.45, 2.75) is 6.18 Å². The second-order valence-corrected chi connectivity index (χ2v) is 3.67. The molecule has 9 heteroatoms. The number of halogens is 3. The minimum Gasteiger partial charge on any atom is -0.366 e. The molecular weight excluding hydrogens is 279 g/mol. The number of nitrogens with two attached hydrogens (primary N) is 1. The summed E-state index contributed by atoms with van der Waals surface area (Å²) in [7, 11) is 0. The van der Waals surface area contributed by atoms with E-state index in [-0.39, 0.29) is 11.3 Å². The molecule has 0 aliphatic rings. The number of hydrogen-bond acceptors (Lipinski definition) is 3. The van der Waals surface area contributed by atoms with E-state index in [0.717, 1.165) is 0 Å². The van der Waals surface area contributed by atoms with Gasteiger partial charge in [-0.1, -0.05) is 0 Å². The Morgan fingerprint density at radius 1 is 1.10 bits per heavy atom. The zero-order chi connectivity index (χ0) is 15.3. The van der Waals surface area contributed by atoms with E-state index in [1.807, 2.05) is 0 Å². The van der Waals surface area contributed by atoms with Crippen LogP contribution in [0.3, 0.4) is 0 Å². The molecule has 0 atom stereocenters. The van der Waals surface area contributed by atoms with Gasteiger partial charge in [0.25, 0.3) is 0 Å². The van der Waals surface area contributed by atoms with Crippen LogP contribution in [0.25, 0.3) is 0 Å². The Hall–Kier alpha value is -2.58. The van der Waals surface area contributed by atoms with Crippen LogP contribution in [0.1, 0.15) is 10.4 Å². The van der Waals surface area contributed by atoms with Gasteiger partial charge < -0.3 is 16.4 Å². The first-order valence-corrected chi connectivity index (χ1v) is 5.25. The van der Waals surface area contributed by atoms with Crippen molar-refractivity contribution in [1.82, 2.24) is 5.32 Å². The zero-order valence-electron chi connectivity index (χ0n) is 9.95. The lowest BCUT2D eigenvalue weighted by atomic mass is 10.2. The molecule has 0 aliphatic heterocycles. The smallest absolute Gasteiger partial charge is 0.366 e. The van der Waals surface area contributed by atoms with Crippen molar-refractivity contribution in [3.05, 3.63) is 29.8 Å². The lowest BCUT2D eigenvalue weighted by Gasteiger charge is -2.08. The number of alkyl halides is 3. The van der Waals surface area contributed by atoms with E-state index in [9.17, 15) is 27.6 Å². The van der Waals surface area contributed by atoms with Crippen molar-refractivity contribution >= 4 is 23.4 Å². The highest BCUT2D eigenvalue weighted by molar-refractivity contribution is 5.96. The number of primary amides is 1. The van der Waals surface area contributed by atoms with Crippen LogP contribution in [0.15, 0.2) is 24.3 Å². The molecule has 0 spiro atoms. The molecule has 1 aromatic carbocycles. The molecule has 0 radical (unpaired) electrons. The number of anilines is 1. The maximum atomic E-state index is 11.9. The molecule has 1 aromatic rings. The topological polar surface area (TPSA) is 101 Å². The Kier molecular flexibility index (Phi) is 4.68. The predicted octanol–water partition coefficient (Wildman–Crippen LogP) is 0.402. The van der Waals surface area contributed by atoms with Gasteiger partial charge in [-0.05, 0) is 24.3 Å². The number of carbonyl (C=O) groups is 3. The third kappa shape index (κ3) is 4.59. The number of benzene rings is 1. The highest BCUT2D eigenvalue weighted by atomic mass is 19.4. The highest BCUT2D eigenvalue weighted by Gasteiger charge is 2.38. The lowest BCUT2D eigenvalue weighted by molar-refractivity contribution is -0.173. The van der Waals surface area contributed by atoms with E-state index in [0.29, 0.717) is 0 Å². The fraction of sp³-hybridized carbons (Fsp3) is 0.182. The number of amides is 3. The number of rotatable bonds is 4. The molecule has 0 saturated carbocycles. The summed E-state index contributed by atoms with van der Waals surface area (Å²) in [5, 5.41) is 3.66. The first-order chi connectivity index (χ1) is 9.20. The zero-order valence-corrected chi connectivity index (χ0v) is 9.95. The van der Waals surface area contributed by atoms with Gasteiger partial charge in [0, 0.05) is 11.3 Å². The molecular formula is C11H10F3N3O3. The van der Waals surface area contributed by atoms with Crippen molar-refractivity contribution in [1.29, 1.82) is 0 Å². The summed E-state index contributed by atoms with van der Waals surface area (Å²) >= 11 is 0. The van der Waals surface area contributed by atoms with Gasteiger partial charge in [-0.3, -0.25) is 14.4 Å². The van der Waals surface area contributed by atoms with Crippen molar-refractivity contribution in [2.24, 2.45) is 5.73 Å². The molecule has 0 bridgehead atoms. The van der Waals surface area contributed by atoms with Crippen molar-refractivity contribution in [2.75, 3.05) is 11.9 Å². The number of carbonyl (C=O) groups excluding carboxylic acids is 3. The SMILES string of the molecule is NC(=O)c1ccc(NC(=O)CNC(=O)C(F)(F)F)cc1. The largest absolute Gasteiger partial charge is 0.471 e. The maximum absolute atomic E-state index is 11.9. The summed E-state index contributed by atoms with van der Waals surface area (Å²) in [5.41, 5.74) is 5.47. The van der Waals surface area contributed by atoms with Gasteiger partial charge in [0.1, 0.15) is 0 Å². The minimum atomic E-state index is -5.04. The fourth-order valence-corrected chi connectivity index (χ4v) is 1.18. The van der Waals surface area contributed by atoms with E-state index < -0.39 is 30.4 Å². The van der Waals surface area contributed by atoms with Crippen LogP contribution >= 0.6 is 0 Å². The molecule has 0 saturated heterocycles. The van der Waals surface area contributed by atoms with E-state index in [4.69, 9.17) is 5.73 Å². The molecule has 6 nitrogen and oxygen atoms in total. The second kappa shape index (κ2) is 6.04. The number of hydrogen-bond donors (Lipinski definition) is 3. The quantitative estimate of drug-likeness (QED) is 0.747. The minimum absolute atomic E-state index is 0.216. The van der Waals surface area contributed by atoms with Gasteiger partial charge in [0.2, 0.25) is 11.8 Å². The highest BCUT2D eigenvalue weighted by Crippen LogP contribution is 2.14. The van der Waals surface area contributed by atoms with Gasteiger partial charge in [0.05, 0.1) is 6.54 Å². The molecule has 1 rings (SSSR count). The van der Waals surface area contributed by atoms with Crippen molar-refractivity contribution < 1.29 is 27.6 Å². The molecule has 0 aromatic heterocycles. The standard InChI is InChI=1S/C11H10F3N3O3/c12-11(13,14)10(20)16-5-8(18)17-7-3-1-6(2-4-7)9(15)19/h1-4H,5H2,(H2,15,19)(H,16,20)(H,17,18). The van der Waals surface area contributed by atoms with E-state index in [1.165, 1.54) is 29.6 Å². The van der Waals surface area contributed by atoms with E-state index in [1.54, 1.807) is 0 Å². The Balaban J connectivity index is 2.51.